The summed E-state index contributed by atoms with van der Waals surface area (Å²) >= 11 is -0.196. The third-order valence-electron chi connectivity index (χ3n) is 1.72. The van der Waals surface area contributed by atoms with E-state index in [1.54, 1.807) is 6.26 Å². The molecule has 0 radical (unpaired) electrons. The molecule has 0 spiro atoms. The van der Waals surface area contributed by atoms with Crippen LogP contribution in [0.2, 0.25) is 0 Å². The predicted octanol–water partition coefficient (Wildman–Crippen LogP) is 2.28. The fraction of sp³-hybridized carbons (Fsp3) is 0. The van der Waals surface area contributed by atoms with Gasteiger partial charge in [-0.15, -0.1) is 0 Å². The van der Waals surface area contributed by atoms with Crippen molar-refractivity contribution in [2.45, 2.75) is 0 Å². The Kier molecular flexibility index (Phi) is 3.45. The monoisotopic (exact) mass is 300 g/mol. The molecule has 0 aliphatic carbocycles. The first-order chi connectivity index (χ1) is 6.95. The molecule has 1 heterocycles. The first-order valence-corrected chi connectivity index (χ1v) is 6.88. The molecule has 0 amide bonds. The Bertz CT molecular complexity index is 390. The van der Waals surface area contributed by atoms with Crippen LogP contribution in [-0.4, -0.2) is 20.9 Å². The van der Waals surface area contributed by atoms with Crippen molar-refractivity contribution in [3.63, 3.8) is 0 Å². The van der Waals surface area contributed by atoms with E-state index < -0.39 is 0 Å². The second-order valence-electron chi connectivity index (χ2n) is 2.75. The van der Waals surface area contributed by atoms with Crippen LogP contribution < -0.4 is 3.61 Å². The van der Waals surface area contributed by atoms with Crippen molar-refractivity contribution in [1.29, 1.82) is 0 Å². The minimum absolute atomic E-state index is 0.196. The van der Waals surface area contributed by atoms with Crippen molar-refractivity contribution >= 4 is 30.6 Å². The van der Waals surface area contributed by atoms with Crippen LogP contribution in [0.1, 0.15) is 5.76 Å². The number of hydrogen-bond donors (Lipinski definition) is 0. The van der Waals surface area contributed by atoms with Crippen molar-refractivity contribution in [3.05, 3.63) is 58.6 Å². The SMILES string of the molecule is C(=Cc1ccco1)[Te]c1ccccc1. The van der Waals surface area contributed by atoms with E-state index in [0.29, 0.717) is 0 Å². The van der Waals surface area contributed by atoms with Crippen LogP contribution in [0.3, 0.4) is 0 Å². The Morgan fingerprint density at radius 1 is 1.00 bits per heavy atom. The molecular formula is C12H10OTe. The van der Waals surface area contributed by atoms with Gasteiger partial charge < -0.3 is 0 Å². The van der Waals surface area contributed by atoms with Crippen molar-refractivity contribution < 1.29 is 4.42 Å². The van der Waals surface area contributed by atoms with Gasteiger partial charge in [-0.2, -0.15) is 0 Å². The number of benzene rings is 1. The van der Waals surface area contributed by atoms with E-state index in [9.17, 15) is 0 Å². The molecule has 0 unspecified atom stereocenters. The summed E-state index contributed by atoms with van der Waals surface area (Å²) in [5, 5.41) is 0. The Morgan fingerprint density at radius 2 is 1.86 bits per heavy atom. The molecule has 2 aromatic rings. The van der Waals surface area contributed by atoms with E-state index in [1.165, 1.54) is 3.61 Å². The first-order valence-electron chi connectivity index (χ1n) is 4.37. The Balaban J connectivity index is 1.95. The average Bonchev–Trinajstić information content (AvgIpc) is 2.72. The predicted molar refractivity (Wildman–Crippen MR) is 59.6 cm³/mol. The van der Waals surface area contributed by atoms with Gasteiger partial charge in [0, 0.05) is 0 Å². The molecule has 0 saturated carbocycles. The molecule has 0 saturated heterocycles. The van der Waals surface area contributed by atoms with Crippen LogP contribution in [0.25, 0.3) is 6.08 Å². The van der Waals surface area contributed by atoms with Crippen LogP contribution in [0.4, 0.5) is 0 Å². The second-order valence-corrected chi connectivity index (χ2v) is 5.54. The molecule has 0 aliphatic rings. The molecule has 1 aromatic heterocycles. The molecule has 0 N–H and O–H groups in total. The minimum atomic E-state index is -0.196. The van der Waals surface area contributed by atoms with Gasteiger partial charge in [0.15, 0.2) is 0 Å². The quantitative estimate of drug-likeness (QED) is 0.792. The molecule has 0 bridgehead atoms. The average molecular weight is 298 g/mol. The van der Waals surface area contributed by atoms with Crippen LogP contribution in [-0.2, 0) is 0 Å². The molecule has 2 rings (SSSR count). The van der Waals surface area contributed by atoms with Gasteiger partial charge in [-0.3, -0.25) is 0 Å². The molecule has 14 heavy (non-hydrogen) atoms. The van der Waals surface area contributed by atoms with Crippen molar-refractivity contribution in [2.75, 3.05) is 0 Å². The summed E-state index contributed by atoms with van der Waals surface area (Å²) in [6.45, 7) is 0. The maximum atomic E-state index is 5.21. The third kappa shape index (κ3) is 2.77. The van der Waals surface area contributed by atoms with E-state index in [1.807, 2.05) is 18.2 Å². The third-order valence-corrected chi connectivity index (χ3v) is 4.05. The van der Waals surface area contributed by atoms with Crippen molar-refractivity contribution in [2.24, 2.45) is 0 Å². The van der Waals surface area contributed by atoms with Crippen LogP contribution in [0.15, 0.2) is 57.3 Å². The van der Waals surface area contributed by atoms with Gasteiger partial charge in [0.05, 0.1) is 0 Å². The number of furan rings is 1. The van der Waals surface area contributed by atoms with E-state index in [0.717, 1.165) is 5.76 Å². The van der Waals surface area contributed by atoms with Gasteiger partial charge in [-0.25, -0.2) is 0 Å². The number of hydrogen-bond acceptors (Lipinski definition) is 1. The topological polar surface area (TPSA) is 13.1 Å². The normalized spacial score (nSPS) is 10.9. The molecule has 70 valence electrons. The zero-order valence-electron chi connectivity index (χ0n) is 7.59. The fourth-order valence-electron chi connectivity index (χ4n) is 1.06. The van der Waals surface area contributed by atoms with Crippen molar-refractivity contribution in [3.8, 4) is 0 Å². The van der Waals surface area contributed by atoms with E-state index >= 15 is 0 Å². The van der Waals surface area contributed by atoms with Crippen LogP contribution >= 0.6 is 0 Å². The van der Waals surface area contributed by atoms with E-state index in [4.69, 9.17) is 4.42 Å². The van der Waals surface area contributed by atoms with Gasteiger partial charge in [0.25, 0.3) is 0 Å². The molecule has 1 nitrogen and oxygen atoms in total. The second kappa shape index (κ2) is 5.05. The van der Waals surface area contributed by atoms with Crippen LogP contribution in [0, 0.1) is 0 Å². The summed E-state index contributed by atoms with van der Waals surface area (Å²) in [4.78, 5) is 0. The molecule has 0 atom stereocenters. The van der Waals surface area contributed by atoms with Crippen LogP contribution in [0.5, 0.6) is 0 Å². The Hall–Kier alpha value is -0.970. The summed E-state index contributed by atoms with van der Waals surface area (Å²) < 4.78 is 8.89. The van der Waals surface area contributed by atoms with Gasteiger partial charge in [-0.1, -0.05) is 0 Å². The zero-order valence-corrected chi connectivity index (χ0v) is 9.92. The fourth-order valence-corrected chi connectivity index (χ4v) is 2.99. The summed E-state index contributed by atoms with van der Waals surface area (Å²) in [6, 6.07) is 14.4. The Labute approximate surface area is 93.5 Å². The van der Waals surface area contributed by atoms with E-state index in [2.05, 4.69) is 34.5 Å². The number of rotatable bonds is 3. The van der Waals surface area contributed by atoms with Gasteiger partial charge >= 0.3 is 93.6 Å². The maximum absolute atomic E-state index is 5.21. The van der Waals surface area contributed by atoms with Gasteiger partial charge in [-0.05, 0) is 0 Å². The van der Waals surface area contributed by atoms with Crippen molar-refractivity contribution in [1.82, 2.24) is 0 Å². The molecule has 1 aromatic carbocycles. The van der Waals surface area contributed by atoms with E-state index in [-0.39, 0.29) is 20.9 Å². The molecular weight excluding hydrogens is 288 g/mol. The summed E-state index contributed by atoms with van der Waals surface area (Å²) in [5.41, 5.74) is 0. The standard InChI is InChI=1S/C12H10OTe/c1-2-6-12(7-3-1)14-10-8-11-5-4-9-13-11/h1-10H. The van der Waals surface area contributed by atoms with Gasteiger partial charge in [0.1, 0.15) is 0 Å². The summed E-state index contributed by atoms with van der Waals surface area (Å²) in [7, 11) is 0. The molecule has 2 heteroatoms. The summed E-state index contributed by atoms with van der Waals surface area (Å²) in [6.07, 6.45) is 3.75. The molecule has 0 aliphatic heterocycles. The Morgan fingerprint density at radius 3 is 2.57 bits per heavy atom. The molecule has 0 fully saturated rings. The summed E-state index contributed by atoms with van der Waals surface area (Å²) in [5.74, 6) is 0.936. The van der Waals surface area contributed by atoms with Gasteiger partial charge in [0.2, 0.25) is 0 Å². The zero-order chi connectivity index (χ0) is 9.64. The first kappa shape index (κ1) is 9.58.